The summed E-state index contributed by atoms with van der Waals surface area (Å²) in [6, 6.07) is 10.8. The summed E-state index contributed by atoms with van der Waals surface area (Å²) in [6.45, 7) is 4.52. The van der Waals surface area contributed by atoms with Crippen LogP contribution >= 0.6 is 15.9 Å². The van der Waals surface area contributed by atoms with Gasteiger partial charge in [0.15, 0.2) is 0 Å². The predicted molar refractivity (Wildman–Crippen MR) is 69.7 cm³/mol. The molecule has 0 fully saturated rings. The minimum atomic E-state index is 0.174. The van der Waals surface area contributed by atoms with E-state index in [1.54, 1.807) is 0 Å². The molecule has 1 nitrogen and oxygen atoms in total. The van der Waals surface area contributed by atoms with Gasteiger partial charge in [0.2, 0.25) is 0 Å². The van der Waals surface area contributed by atoms with Crippen molar-refractivity contribution in [1.82, 2.24) is 4.57 Å². The second-order valence-electron chi connectivity index (χ2n) is 4.66. The molecule has 0 saturated carbocycles. The molecule has 0 aliphatic rings. The maximum atomic E-state index is 3.59. The highest BCUT2D eigenvalue weighted by Gasteiger charge is 2.23. The van der Waals surface area contributed by atoms with Crippen molar-refractivity contribution in [2.75, 3.05) is 5.33 Å². The number of halogens is 1. The van der Waals surface area contributed by atoms with Crippen LogP contribution in [-0.4, -0.2) is 9.90 Å². The molecule has 1 aromatic heterocycles. The molecule has 1 aromatic carbocycles. The number of aryl methyl sites for hydroxylation is 1. The monoisotopic (exact) mass is 265 g/mol. The third-order valence-electron chi connectivity index (χ3n) is 2.98. The van der Waals surface area contributed by atoms with Crippen LogP contribution < -0.4 is 0 Å². The first-order valence-electron chi connectivity index (χ1n) is 5.17. The first kappa shape index (κ1) is 10.7. The Kier molecular flexibility index (Phi) is 2.63. The smallest absolute Gasteiger partial charge is 0.0480 e. The molecule has 0 aliphatic heterocycles. The van der Waals surface area contributed by atoms with Gasteiger partial charge in [0, 0.05) is 29.0 Å². The minimum absolute atomic E-state index is 0.174. The van der Waals surface area contributed by atoms with E-state index in [1.807, 2.05) is 0 Å². The van der Waals surface area contributed by atoms with Crippen molar-refractivity contribution in [3.05, 3.63) is 36.0 Å². The van der Waals surface area contributed by atoms with Crippen LogP contribution in [0.3, 0.4) is 0 Å². The molecule has 2 heteroatoms. The van der Waals surface area contributed by atoms with Gasteiger partial charge in [0.25, 0.3) is 0 Å². The van der Waals surface area contributed by atoms with Gasteiger partial charge in [0.05, 0.1) is 0 Å². The lowest BCUT2D eigenvalue weighted by atomic mass is 9.92. The standard InChI is InChI=1S/C13H16BrN/c1-13(2,9-14)12-8-10-6-4-5-7-11(10)15(12)3/h4-8H,9H2,1-3H3. The van der Waals surface area contributed by atoms with Gasteiger partial charge in [-0.05, 0) is 17.5 Å². The molecular weight excluding hydrogens is 250 g/mol. The maximum Gasteiger partial charge on any atom is 0.0480 e. The molecule has 0 saturated heterocycles. The van der Waals surface area contributed by atoms with E-state index >= 15 is 0 Å². The molecule has 15 heavy (non-hydrogen) atoms. The summed E-state index contributed by atoms with van der Waals surface area (Å²) in [7, 11) is 2.14. The average Bonchev–Trinajstić information content (AvgIpc) is 2.58. The van der Waals surface area contributed by atoms with Crippen molar-refractivity contribution in [2.45, 2.75) is 19.3 Å². The molecule has 0 N–H and O–H groups in total. The zero-order valence-electron chi connectivity index (χ0n) is 9.42. The summed E-state index contributed by atoms with van der Waals surface area (Å²) in [5.74, 6) is 0. The molecule has 2 aromatic rings. The van der Waals surface area contributed by atoms with Crippen molar-refractivity contribution in [1.29, 1.82) is 0 Å². The van der Waals surface area contributed by atoms with Gasteiger partial charge >= 0.3 is 0 Å². The Hall–Kier alpha value is -0.760. The van der Waals surface area contributed by atoms with Crippen molar-refractivity contribution in [3.8, 4) is 0 Å². The predicted octanol–water partition coefficient (Wildman–Crippen LogP) is 3.85. The Morgan fingerprint density at radius 2 is 1.93 bits per heavy atom. The first-order valence-corrected chi connectivity index (χ1v) is 6.29. The van der Waals surface area contributed by atoms with Crippen LogP contribution in [0.2, 0.25) is 0 Å². The molecule has 0 radical (unpaired) electrons. The molecule has 2 rings (SSSR count). The van der Waals surface area contributed by atoms with Gasteiger partial charge < -0.3 is 4.57 Å². The zero-order chi connectivity index (χ0) is 11.1. The van der Waals surface area contributed by atoms with Crippen molar-refractivity contribution in [2.24, 2.45) is 7.05 Å². The number of nitrogens with zero attached hydrogens (tertiary/aromatic N) is 1. The summed E-state index contributed by atoms with van der Waals surface area (Å²) in [4.78, 5) is 0. The molecule has 0 bridgehead atoms. The largest absolute Gasteiger partial charge is 0.347 e. The fraction of sp³-hybridized carbons (Fsp3) is 0.385. The van der Waals surface area contributed by atoms with Crippen LogP contribution in [0.25, 0.3) is 10.9 Å². The fourth-order valence-electron chi connectivity index (χ4n) is 2.01. The van der Waals surface area contributed by atoms with E-state index in [-0.39, 0.29) is 5.41 Å². The van der Waals surface area contributed by atoms with E-state index in [0.29, 0.717) is 0 Å². The number of rotatable bonds is 2. The van der Waals surface area contributed by atoms with Crippen LogP contribution in [-0.2, 0) is 12.5 Å². The normalized spacial score (nSPS) is 12.3. The highest BCUT2D eigenvalue weighted by Crippen LogP contribution is 2.30. The minimum Gasteiger partial charge on any atom is -0.347 e. The van der Waals surface area contributed by atoms with Gasteiger partial charge in [-0.1, -0.05) is 48.0 Å². The molecule has 1 heterocycles. The summed E-state index contributed by atoms with van der Waals surface area (Å²) in [5.41, 5.74) is 2.86. The van der Waals surface area contributed by atoms with Crippen molar-refractivity contribution in [3.63, 3.8) is 0 Å². The van der Waals surface area contributed by atoms with Crippen molar-refractivity contribution < 1.29 is 0 Å². The number of para-hydroxylation sites is 1. The van der Waals surface area contributed by atoms with Crippen LogP contribution in [0, 0.1) is 0 Å². The SMILES string of the molecule is Cn1c(C(C)(C)CBr)cc2ccccc21. The number of benzene rings is 1. The van der Waals surface area contributed by atoms with Crippen LogP contribution in [0.1, 0.15) is 19.5 Å². The molecule has 0 atom stereocenters. The Balaban J connectivity index is 2.68. The van der Waals surface area contributed by atoms with Crippen LogP contribution in [0.4, 0.5) is 0 Å². The number of hydrogen-bond acceptors (Lipinski definition) is 0. The topological polar surface area (TPSA) is 4.93 Å². The first-order chi connectivity index (χ1) is 7.06. The summed E-state index contributed by atoms with van der Waals surface area (Å²) >= 11 is 3.59. The summed E-state index contributed by atoms with van der Waals surface area (Å²) < 4.78 is 2.29. The van der Waals surface area contributed by atoms with Gasteiger partial charge in [-0.15, -0.1) is 0 Å². The second kappa shape index (κ2) is 3.67. The molecule has 0 aliphatic carbocycles. The third-order valence-corrected chi connectivity index (χ3v) is 4.38. The lowest BCUT2D eigenvalue weighted by Gasteiger charge is -2.22. The number of alkyl halides is 1. The highest BCUT2D eigenvalue weighted by molar-refractivity contribution is 9.09. The Labute approximate surface area is 99.2 Å². The summed E-state index contributed by atoms with van der Waals surface area (Å²) in [5, 5.41) is 2.30. The van der Waals surface area contributed by atoms with E-state index in [4.69, 9.17) is 0 Å². The Morgan fingerprint density at radius 3 is 2.53 bits per heavy atom. The lowest BCUT2D eigenvalue weighted by molar-refractivity contribution is 0.561. The van der Waals surface area contributed by atoms with E-state index < -0.39 is 0 Å². The van der Waals surface area contributed by atoms with Crippen LogP contribution in [0.15, 0.2) is 30.3 Å². The Bertz CT molecular complexity index is 482. The van der Waals surface area contributed by atoms with E-state index in [9.17, 15) is 0 Å². The Morgan fingerprint density at radius 1 is 1.27 bits per heavy atom. The number of fused-ring (bicyclic) bond motifs is 1. The third kappa shape index (κ3) is 1.71. The average molecular weight is 266 g/mol. The van der Waals surface area contributed by atoms with E-state index in [0.717, 1.165) is 5.33 Å². The number of hydrogen-bond donors (Lipinski definition) is 0. The fourth-order valence-corrected chi connectivity index (χ4v) is 2.29. The molecule has 80 valence electrons. The lowest BCUT2D eigenvalue weighted by Crippen LogP contribution is -2.22. The molecule has 0 spiro atoms. The van der Waals surface area contributed by atoms with Crippen LogP contribution in [0.5, 0.6) is 0 Å². The molecular formula is C13H16BrN. The van der Waals surface area contributed by atoms with E-state index in [2.05, 4.69) is 71.7 Å². The number of aromatic nitrogens is 1. The second-order valence-corrected chi connectivity index (χ2v) is 5.23. The van der Waals surface area contributed by atoms with E-state index in [1.165, 1.54) is 16.6 Å². The van der Waals surface area contributed by atoms with Gasteiger partial charge in [0.1, 0.15) is 0 Å². The molecule has 0 unspecified atom stereocenters. The van der Waals surface area contributed by atoms with Gasteiger partial charge in [-0.25, -0.2) is 0 Å². The quantitative estimate of drug-likeness (QED) is 0.727. The highest BCUT2D eigenvalue weighted by atomic mass is 79.9. The molecule has 0 amide bonds. The van der Waals surface area contributed by atoms with Crippen molar-refractivity contribution >= 4 is 26.8 Å². The zero-order valence-corrected chi connectivity index (χ0v) is 11.0. The van der Waals surface area contributed by atoms with Gasteiger partial charge in [-0.2, -0.15) is 0 Å². The summed E-state index contributed by atoms with van der Waals surface area (Å²) in [6.07, 6.45) is 0. The van der Waals surface area contributed by atoms with Gasteiger partial charge in [-0.3, -0.25) is 0 Å². The maximum absolute atomic E-state index is 3.59.